The zero-order valence-electron chi connectivity index (χ0n) is 13.8. The number of benzene rings is 2. The third kappa shape index (κ3) is 3.39. The number of urea groups is 1. The third-order valence-electron chi connectivity index (χ3n) is 4.11. The first-order valence-electron chi connectivity index (χ1n) is 7.75. The first kappa shape index (κ1) is 17.9. The summed E-state index contributed by atoms with van der Waals surface area (Å²) < 4.78 is 13.1. The number of imide groups is 1. The normalized spacial score (nSPS) is 19.4. The number of rotatable bonds is 4. The second-order valence-corrected chi connectivity index (χ2v) is 6.45. The number of nitrogens with one attached hydrogen (secondary N) is 2. The van der Waals surface area contributed by atoms with Gasteiger partial charge in [0.25, 0.3) is 5.91 Å². The van der Waals surface area contributed by atoms with Gasteiger partial charge in [-0.15, -0.1) is 0 Å². The Morgan fingerprint density at radius 1 is 1.23 bits per heavy atom. The van der Waals surface area contributed by atoms with Gasteiger partial charge >= 0.3 is 6.03 Å². The largest absolute Gasteiger partial charge is 0.325 e. The molecule has 0 bridgehead atoms. The lowest BCUT2D eigenvalue weighted by molar-refractivity contribution is -0.133. The highest BCUT2D eigenvalue weighted by Crippen LogP contribution is 2.28. The molecule has 0 radical (unpaired) electrons. The molecule has 8 heteroatoms. The van der Waals surface area contributed by atoms with Crippen LogP contribution in [0.5, 0.6) is 0 Å². The molecule has 1 aliphatic heterocycles. The molecule has 0 aliphatic carbocycles. The second kappa shape index (κ2) is 6.76. The second-order valence-electron chi connectivity index (χ2n) is 6.01. The first-order chi connectivity index (χ1) is 12.3. The Balaban J connectivity index is 1.74. The van der Waals surface area contributed by atoms with E-state index in [0.717, 1.165) is 4.90 Å². The lowest BCUT2D eigenvalue weighted by Gasteiger charge is -2.22. The van der Waals surface area contributed by atoms with E-state index in [1.54, 1.807) is 24.3 Å². The van der Waals surface area contributed by atoms with Gasteiger partial charge in [0.1, 0.15) is 17.9 Å². The monoisotopic (exact) mass is 375 g/mol. The molecular weight excluding hydrogens is 361 g/mol. The molecule has 6 nitrogen and oxygen atoms in total. The van der Waals surface area contributed by atoms with Crippen LogP contribution in [0.3, 0.4) is 0 Å². The highest BCUT2D eigenvalue weighted by Gasteiger charge is 2.49. The number of hydrogen-bond acceptors (Lipinski definition) is 3. The van der Waals surface area contributed by atoms with Crippen molar-refractivity contribution in [3.8, 4) is 0 Å². The van der Waals surface area contributed by atoms with Crippen molar-refractivity contribution >= 4 is 35.1 Å². The van der Waals surface area contributed by atoms with E-state index in [0.29, 0.717) is 16.3 Å². The first-order valence-corrected chi connectivity index (χ1v) is 8.13. The number of halogens is 2. The van der Waals surface area contributed by atoms with Crippen molar-refractivity contribution < 1.29 is 18.8 Å². The van der Waals surface area contributed by atoms with E-state index in [2.05, 4.69) is 10.6 Å². The van der Waals surface area contributed by atoms with Crippen LogP contribution in [0.1, 0.15) is 12.5 Å². The fourth-order valence-electron chi connectivity index (χ4n) is 2.73. The van der Waals surface area contributed by atoms with Gasteiger partial charge < -0.3 is 10.6 Å². The molecule has 1 atom stereocenters. The van der Waals surface area contributed by atoms with Crippen LogP contribution in [-0.4, -0.2) is 29.3 Å². The van der Waals surface area contributed by atoms with Crippen LogP contribution >= 0.6 is 11.6 Å². The summed E-state index contributed by atoms with van der Waals surface area (Å²) >= 11 is 5.85. The van der Waals surface area contributed by atoms with Crippen LogP contribution in [0, 0.1) is 5.82 Å². The maximum atomic E-state index is 13.1. The van der Waals surface area contributed by atoms with E-state index in [-0.39, 0.29) is 0 Å². The van der Waals surface area contributed by atoms with Crippen LogP contribution < -0.4 is 10.6 Å². The van der Waals surface area contributed by atoms with Crippen molar-refractivity contribution in [1.82, 2.24) is 10.2 Å². The highest BCUT2D eigenvalue weighted by molar-refractivity contribution is 6.30. The minimum Gasteiger partial charge on any atom is -0.324 e. The number of hydrogen-bond donors (Lipinski definition) is 2. The van der Waals surface area contributed by atoms with E-state index in [1.807, 2.05) is 0 Å². The summed E-state index contributed by atoms with van der Waals surface area (Å²) in [5, 5.41) is 5.58. The maximum absolute atomic E-state index is 13.1. The minimum absolute atomic E-state index is 0.426. The molecule has 1 aliphatic rings. The standard InChI is InChI=1S/C18H15ClFN3O3/c1-18(11-5-7-13(20)8-6-11)16(25)23(17(26)22-18)10-15(24)21-14-4-2-3-12(19)9-14/h2-9H,10H2,1H3,(H,21,24)(H,22,26). The molecule has 2 N–H and O–H groups in total. The molecule has 26 heavy (non-hydrogen) atoms. The van der Waals surface area contributed by atoms with E-state index < -0.39 is 35.7 Å². The summed E-state index contributed by atoms with van der Waals surface area (Å²) in [4.78, 5) is 37.9. The minimum atomic E-state index is -1.36. The summed E-state index contributed by atoms with van der Waals surface area (Å²) in [6, 6.07) is 11.1. The van der Waals surface area contributed by atoms with Crippen molar-refractivity contribution in [3.63, 3.8) is 0 Å². The van der Waals surface area contributed by atoms with Crippen LogP contribution in [0.25, 0.3) is 0 Å². The van der Waals surface area contributed by atoms with Crippen LogP contribution in [-0.2, 0) is 15.1 Å². The Bertz CT molecular complexity index is 888. The van der Waals surface area contributed by atoms with Crippen LogP contribution in [0.15, 0.2) is 48.5 Å². The van der Waals surface area contributed by atoms with Gasteiger partial charge in [-0.2, -0.15) is 0 Å². The van der Waals surface area contributed by atoms with Gasteiger partial charge in [0.2, 0.25) is 5.91 Å². The predicted molar refractivity (Wildman–Crippen MR) is 94.1 cm³/mol. The van der Waals surface area contributed by atoms with E-state index >= 15 is 0 Å². The Morgan fingerprint density at radius 2 is 1.92 bits per heavy atom. The van der Waals surface area contributed by atoms with Gasteiger partial charge in [-0.1, -0.05) is 29.8 Å². The molecule has 0 aromatic heterocycles. The Labute approximate surface area is 153 Å². The number of anilines is 1. The molecule has 0 spiro atoms. The number of carbonyl (C=O) groups is 3. The molecule has 2 aromatic rings. The summed E-state index contributed by atoms with van der Waals surface area (Å²) in [6.45, 7) is 1.06. The van der Waals surface area contributed by atoms with Crippen LogP contribution in [0.2, 0.25) is 5.02 Å². The van der Waals surface area contributed by atoms with Crippen molar-refractivity contribution in [1.29, 1.82) is 0 Å². The van der Waals surface area contributed by atoms with Gasteiger partial charge in [-0.05, 0) is 42.8 Å². The Morgan fingerprint density at radius 3 is 2.58 bits per heavy atom. The van der Waals surface area contributed by atoms with E-state index in [9.17, 15) is 18.8 Å². The number of amides is 4. The molecule has 3 rings (SSSR count). The van der Waals surface area contributed by atoms with Gasteiger partial charge in [0.05, 0.1) is 0 Å². The van der Waals surface area contributed by atoms with Gasteiger partial charge in [-0.25, -0.2) is 9.18 Å². The zero-order chi connectivity index (χ0) is 18.9. The number of carbonyl (C=O) groups excluding carboxylic acids is 3. The maximum Gasteiger partial charge on any atom is 0.325 e. The fourth-order valence-corrected chi connectivity index (χ4v) is 2.92. The SMILES string of the molecule is CC1(c2ccc(F)cc2)NC(=O)N(CC(=O)Nc2cccc(Cl)c2)C1=O. The molecule has 1 fully saturated rings. The average Bonchev–Trinajstić information content (AvgIpc) is 2.79. The van der Waals surface area contributed by atoms with Gasteiger partial charge in [0, 0.05) is 10.7 Å². The average molecular weight is 376 g/mol. The van der Waals surface area contributed by atoms with Crippen molar-refractivity contribution in [2.45, 2.75) is 12.5 Å². The molecule has 1 heterocycles. The van der Waals surface area contributed by atoms with E-state index in [4.69, 9.17) is 11.6 Å². The molecule has 0 saturated carbocycles. The van der Waals surface area contributed by atoms with E-state index in [1.165, 1.54) is 31.2 Å². The smallest absolute Gasteiger partial charge is 0.324 e. The van der Waals surface area contributed by atoms with Gasteiger partial charge in [0.15, 0.2) is 0 Å². The molecule has 1 unspecified atom stereocenters. The van der Waals surface area contributed by atoms with Crippen molar-refractivity contribution in [2.75, 3.05) is 11.9 Å². The third-order valence-corrected chi connectivity index (χ3v) is 4.34. The summed E-state index contributed by atoms with van der Waals surface area (Å²) in [7, 11) is 0. The number of nitrogens with zero attached hydrogens (tertiary/aromatic N) is 1. The summed E-state index contributed by atoms with van der Waals surface area (Å²) in [6.07, 6.45) is 0. The lowest BCUT2D eigenvalue weighted by Crippen LogP contribution is -2.42. The molecule has 134 valence electrons. The van der Waals surface area contributed by atoms with Gasteiger partial charge in [-0.3, -0.25) is 14.5 Å². The predicted octanol–water partition coefficient (Wildman–Crippen LogP) is 2.88. The summed E-state index contributed by atoms with van der Waals surface area (Å²) in [5.74, 6) is -1.58. The highest BCUT2D eigenvalue weighted by atomic mass is 35.5. The lowest BCUT2D eigenvalue weighted by atomic mass is 9.92. The Hall–Kier alpha value is -2.93. The topological polar surface area (TPSA) is 78.5 Å². The molecule has 2 aromatic carbocycles. The van der Waals surface area contributed by atoms with Crippen molar-refractivity contribution in [3.05, 3.63) is 64.9 Å². The molecule has 1 saturated heterocycles. The quantitative estimate of drug-likeness (QED) is 0.806. The molecule has 4 amide bonds. The molecular formula is C18H15ClFN3O3. The summed E-state index contributed by atoms with van der Waals surface area (Å²) in [5.41, 5.74) is -0.480. The van der Waals surface area contributed by atoms with Crippen molar-refractivity contribution in [2.24, 2.45) is 0 Å². The Kier molecular flexibility index (Phi) is 4.65. The zero-order valence-corrected chi connectivity index (χ0v) is 14.5. The fraction of sp³-hybridized carbons (Fsp3) is 0.167. The van der Waals surface area contributed by atoms with Crippen LogP contribution in [0.4, 0.5) is 14.9 Å².